The predicted molar refractivity (Wildman–Crippen MR) is 105 cm³/mol. The third-order valence-corrected chi connectivity index (χ3v) is 3.95. The number of carbonyl (C=O) groups excluding carboxylic acids is 1. The molecule has 7 nitrogen and oxygen atoms in total. The molecule has 27 heavy (non-hydrogen) atoms. The number of nitrogens with zero attached hydrogens (tertiary/aromatic N) is 3. The van der Waals surface area contributed by atoms with Crippen LogP contribution < -0.4 is 15.8 Å². The molecule has 0 aliphatic heterocycles. The number of hydrogen-bond acceptors (Lipinski definition) is 5. The highest BCUT2D eigenvalue weighted by Crippen LogP contribution is 2.19. The van der Waals surface area contributed by atoms with E-state index in [1.165, 1.54) is 0 Å². The van der Waals surface area contributed by atoms with Crippen LogP contribution in [0.3, 0.4) is 0 Å². The van der Waals surface area contributed by atoms with Crippen LogP contribution in [-0.2, 0) is 4.79 Å². The van der Waals surface area contributed by atoms with Gasteiger partial charge in [-0.3, -0.25) is 10.1 Å². The van der Waals surface area contributed by atoms with Gasteiger partial charge >= 0.3 is 0 Å². The molecule has 0 saturated heterocycles. The molecule has 0 atom stereocenters. The molecular formula is C19H18ClN5O2. The SMILES string of the molecule is Cc1ccc2c(C)nc(N=C(N)NC(=O)COc3ccc(Cl)cc3)nc2c1. The summed E-state index contributed by atoms with van der Waals surface area (Å²) >= 11 is 5.80. The van der Waals surface area contributed by atoms with Crippen molar-refractivity contribution in [2.24, 2.45) is 10.7 Å². The van der Waals surface area contributed by atoms with Crippen LogP contribution in [0.1, 0.15) is 11.3 Å². The van der Waals surface area contributed by atoms with E-state index in [0.29, 0.717) is 10.8 Å². The Morgan fingerprint density at radius 3 is 2.67 bits per heavy atom. The molecule has 8 heteroatoms. The highest BCUT2D eigenvalue weighted by Gasteiger charge is 2.08. The topological polar surface area (TPSA) is 102 Å². The standard InChI is InChI=1S/C19H18ClN5O2/c1-11-3-8-15-12(2)22-19(23-16(15)9-11)25-18(21)24-17(26)10-27-14-6-4-13(20)5-7-14/h3-9H,10H2,1-2H3,(H3,21,22,23,24,25,26). The van der Waals surface area contributed by atoms with Gasteiger partial charge < -0.3 is 10.5 Å². The van der Waals surface area contributed by atoms with Crippen molar-refractivity contribution < 1.29 is 9.53 Å². The van der Waals surface area contributed by atoms with Crippen LogP contribution >= 0.6 is 11.6 Å². The van der Waals surface area contributed by atoms with E-state index < -0.39 is 5.91 Å². The Labute approximate surface area is 161 Å². The van der Waals surface area contributed by atoms with E-state index in [2.05, 4.69) is 20.3 Å². The fourth-order valence-electron chi connectivity index (χ4n) is 2.43. The average molecular weight is 384 g/mol. The van der Waals surface area contributed by atoms with E-state index in [4.69, 9.17) is 22.1 Å². The molecule has 0 unspecified atom stereocenters. The van der Waals surface area contributed by atoms with Gasteiger partial charge in [-0.05, 0) is 49.7 Å². The van der Waals surface area contributed by atoms with Gasteiger partial charge in [0.25, 0.3) is 11.9 Å². The largest absolute Gasteiger partial charge is 0.484 e. The average Bonchev–Trinajstić information content (AvgIpc) is 2.60. The van der Waals surface area contributed by atoms with Gasteiger partial charge in [-0.15, -0.1) is 0 Å². The Hall–Kier alpha value is -3.19. The third-order valence-electron chi connectivity index (χ3n) is 3.70. The number of aromatic nitrogens is 2. The van der Waals surface area contributed by atoms with Gasteiger partial charge in [-0.25, -0.2) is 9.97 Å². The smallest absolute Gasteiger partial charge is 0.264 e. The first kappa shape index (κ1) is 18.6. The van der Waals surface area contributed by atoms with Crippen LogP contribution in [0.2, 0.25) is 5.02 Å². The molecule has 3 rings (SSSR count). The summed E-state index contributed by atoms with van der Waals surface area (Å²) in [6.07, 6.45) is 0. The number of hydrogen-bond donors (Lipinski definition) is 2. The van der Waals surface area contributed by atoms with Crippen molar-refractivity contribution in [2.45, 2.75) is 13.8 Å². The maximum absolute atomic E-state index is 11.9. The number of nitrogens with one attached hydrogen (secondary N) is 1. The summed E-state index contributed by atoms with van der Waals surface area (Å²) < 4.78 is 5.35. The number of nitrogens with two attached hydrogens (primary N) is 1. The molecule has 0 radical (unpaired) electrons. The zero-order chi connectivity index (χ0) is 19.4. The zero-order valence-corrected chi connectivity index (χ0v) is 15.6. The van der Waals surface area contributed by atoms with E-state index >= 15 is 0 Å². The van der Waals surface area contributed by atoms with E-state index in [1.54, 1.807) is 24.3 Å². The minimum Gasteiger partial charge on any atom is -0.484 e. The molecule has 2 aromatic carbocycles. The van der Waals surface area contributed by atoms with Gasteiger partial charge in [-0.2, -0.15) is 4.99 Å². The Bertz CT molecular complexity index is 1020. The molecule has 0 bridgehead atoms. The second-order valence-electron chi connectivity index (χ2n) is 5.92. The minimum absolute atomic E-state index is 0.105. The van der Waals surface area contributed by atoms with Crippen LogP contribution in [-0.4, -0.2) is 28.4 Å². The molecule has 3 N–H and O–H groups in total. The van der Waals surface area contributed by atoms with Crippen molar-refractivity contribution in [3.05, 3.63) is 58.7 Å². The van der Waals surface area contributed by atoms with Gasteiger partial charge in [0.1, 0.15) is 5.75 Å². The lowest BCUT2D eigenvalue weighted by atomic mass is 10.1. The van der Waals surface area contributed by atoms with E-state index in [0.717, 1.165) is 22.2 Å². The third kappa shape index (κ3) is 4.92. The van der Waals surface area contributed by atoms with Gasteiger partial charge in [0.05, 0.1) is 11.2 Å². The molecule has 0 aliphatic rings. The Morgan fingerprint density at radius 2 is 1.93 bits per heavy atom. The summed E-state index contributed by atoms with van der Waals surface area (Å²) in [5.41, 5.74) is 8.42. The maximum atomic E-state index is 11.9. The fraction of sp³-hybridized carbons (Fsp3) is 0.158. The van der Waals surface area contributed by atoms with Gasteiger partial charge in [0.2, 0.25) is 5.96 Å². The highest BCUT2D eigenvalue weighted by atomic mass is 35.5. The van der Waals surface area contributed by atoms with Gasteiger partial charge in [0.15, 0.2) is 6.61 Å². The molecule has 1 amide bonds. The lowest BCUT2D eigenvalue weighted by molar-refractivity contribution is -0.121. The van der Waals surface area contributed by atoms with Crippen LogP contribution in [0.5, 0.6) is 5.75 Å². The van der Waals surface area contributed by atoms with Crippen LogP contribution in [0.15, 0.2) is 47.5 Å². The molecule has 1 heterocycles. The van der Waals surface area contributed by atoms with Crippen molar-refractivity contribution in [1.82, 2.24) is 15.3 Å². The van der Waals surface area contributed by atoms with Crippen LogP contribution in [0.25, 0.3) is 10.9 Å². The number of benzene rings is 2. The van der Waals surface area contributed by atoms with Crippen molar-refractivity contribution in [3.8, 4) is 5.75 Å². The zero-order valence-electron chi connectivity index (χ0n) is 14.9. The van der Waals surface area contributed by atoms with Crippen LogP contribution in [0, 0.1) is 13.8 Å². The molecule has 3 aromatic rings. The number of carbonyl (C=O) groups is 1. The number of amides is 1. The number of guanidine groups is 1. The Kier molecular flexibility index (Phi) is 5.52. The molecule has 0 fully saturated rings. The van der Waals surface area contributed by atoms with Crippen molar-refractivity contribution in [2.75, 3.05) is 6.61 Å². The van der Waals surface area contributed by atoms with E-state index in [-0.39, 0.29) is 18.5 Å². The molecule has 138 valence electrons. The normalized spacial score (nSPS) is 11.4. The molecular weight excluding hydrogens is 366 g/mol. The first-order valence-electron chi connectivity index (χ1n) is 8.18. The van der Waals surface area contributed by atoms with E-state index in [1.807, 2.05) is 32.0 Å². The Balaban J connectivity index is 1.67. The van der Waals surface area contributed by atoms with Crippen LogP contribution in [0.4, 0.5) is 5.95 Å². The molecule has 0 spiro atoms. The lowest BCUT2D eigenvalue weighted by Crippen LogP contribution is -2.39. The number of fused-ring (bicyclic) bond motifs is 1. The second-order valence-corrected chi connectivity index (χ2v) is 6.35. The monoisotopic (exact) mass is 383 g/mol. The van der Waals surface area contributed by atoms with Crippen molar-refractivity contribution in [1.29, 1.82) is 0 Å². The number of aliphatic imine (C=N–C) groups is 1. The quantitative estimate of drug-likeness (QED) is 0.532. The Morgan fingerprint density at radius 1 is 1.19 bits per heavy atom. The first-order valence-corrected chi connectivity index (χ1v) is 8.56. The summed E-state index contributed by atoms with van der Waals surface area (Å²) in [5.74, 6) is 0.154. The first-order chi connectivity index (χ1) is 12.9. The molecule has 0 saturated carbocycles. The molecule has 0 aliphatic carbocycles. The number of halogens is 1. The van der Waals surface area contributed by atoms with Gasteiger partial charge in [-0.1, -0.05) is 23.7 Å². The lowest BCUT2D eigenvalue weighted by Gasteiger charge is -2.07. The summed E-state index contributed by atoms with van der Waals surface area (Å²) in [5, 5.41) is 3.98. The van der Waals surface area contributed by atoms with Crippen molar-refractivity contribution in [3.63, 3.8) is 0 Å². The minimum atomic E-state index is -0.445. The molecule has 1 aromatic heterocycles. The summed E-state index contributed by atoms with van der Waals surface area (Å²) in [7, 11) is 0. The summed E-state index contributed by atoms with van der Waals surface area (Å²) in [4.78, 5) is 24.7. The number of rotatable bonds is 4. The fourth-order valence-corrected chi connectivity index (χ4v) is 2.55. The number of ether oxygens (including phenoxy) is 1. The predicted octanol–water partition coefficient (Wildman–Crippen LogP) is 3.04. The highest BCUT2D eigenvalue weighted by molar-refractivity contribution is 6.30. The van der Waals surface area contributed by atoms with E-state index in [9.17, 15) is 4.79 Å². The second kappa shape index (κ2) is 8.01. The summed E-state index contributed by atoms with van der Waals surface area (Å²) in [6, 6.07) is 12.6. The van der Waals surface area contributed by atoms with Gasteiger partial charge in [0, 0.05) is 10.4 Å². The van der Waals surface area contributed by atoms with Crippen molar-refractivity contribution >= 4 is 40.3 Å². The maximum Gasteiger partial charge on any atom is 0.264 e. The number of aryl methyl sites for hydroxylation is 2. The summed E-state index contributed by atoms with van der Waals surface area (Å²) in [6.45, 7) is 3.64.